The van der Waals surface area contributed by atoms with Crippen LogP contribution in [0.3, 0.4) is 0 Å². The molecule has 0 atom stereocenters. The summed E-state index contributed by atoms with van der Waals surface area (Å²) in [6.07, 6.45) is 3.85. The first-order valence-corrected chi connectivity index (χ1v) is 8.35. The Labute approximate surface area is 120 Å². The van der Waals surface area contributed by atoms with E-state index in [-0.39, 0.29) is 0 Å². The molecule has 0 radical (unpaired) electrons. The molecule has 0 spiro atoms. The molecule has 0 saturated carbocycles. The van der Waals surface area contributed by atoms with Gasteiger partial charge in [-0.15, -0.1) is 0 Å². The summed E-state index contributed by atoms with van der Waals surface area (Å²) in [5.41, 5.74) is 0.475. The van der Waals surface area contributed by atoms with Crippen LogP contribution in [0.5, 0.6) is 0 Å². The summed E-state index contributed by atoms with van der Waals surface area (Å²) in [5.74, 6) is 0. The Morgan fingerprint density at radius 1 is 0.895 bits per heavy atom. The topological polar surface area (TPSA) is 18.5 Å². The predicted molar refractivity (Wildman–Crippen MR) is 84.7 cm³/mol. The van der Waals surface area contributed by atoms with Crippen molar-refractivity contribution in [3.63, 3.8) is 0 Å². The summed E-state index contributed by atoms with van der Waals surface area (Å²) in [6, 6.07) is 0. The lowest BCUT2D eigenvalue weighted by molar-refractivity contribution is 0.0786. The zero-order valence-corrected chi connectivity index (χ0v) is 13.7. The molecule has 1 saturated heterocycles. The molecule has 1 heterocycles. The van der Waals surface area contributed by atoms with Crippen molar-refractivity contribution < 1.29 is 0 Å². The molecular formula is C16H35N3. The van der Waals surface area contributed by atoms with Crippen molar-refractivity contribution in [2.24, 2.45) is 5.41 Å². The molecule has 114 valence electrons. The van der Waals surface area contributed by atoms with Gasteiger partial charge < -0.3 is 15.1 Å². The van der Waals surface area contributed by atoms with E-state index in [9.17, 15) is 0 Å². The molecule has 0 unspecified atom stereocenters. The van der Waals surface area contributed by atoms with Crippen LogP contribution in [-0.4, -0.2) is 62.2 Å². The molecular weight excluding hydrogens is 234 g/mol. The van der Waals surface area contributed by atoms with Crippen molar-refractivity contribution >= 4 is 0 Å². The van der Waals surface area contributed by atoms with Gasteiger partial charge in [-0.05, 0) is 37.8 Å². The van der Waals surface area contributed by atoms with Crippen molar-refractivity contribution in [1.82, 2.24) is 15.1 Å². The summed E-state index contributed by atoms with van der Waals surface area (Å²) < 4.78 is 0. The second-order valence-corrected chi connectivity index (χ2v) is 6.11. The van der Waals surface area contributed by atoms with Crippen LogP contribution in [0.25, 0.3) is 0 Å². The average molecular weight is 269 g/mol. The highest BCUT2D eigenvalue weighted by Gasteiger charge is 2.29. The molecule has 1 aliphatic heterocycles. The Kier molecular flexibility index (Phi) is 7.96. The van der Waals surface area contributed by atoms with E-state index in [1.807, 2.05) is 0 Å². The van der Waals surface area contributed by atoms with Gasteiger partial charge in [0, 0.05) is 39.3 Å². The summed E-state index contributed by atoms with van der Waals surface area (Å²) in [7, 11) is 0. The monoisotopic (exact) mass is 269 g/mol. The van der Waals surface area contributed by atoms with Crippen LogP contribution in [0.4, 0.5) is 0 Å². The van der Waals surface area contributed by atoms with Crippen LogP contribution in [0.15, 0.2) is 0 Å². The van der Waals surface area contributed by atoms with Crippen LogP contribution in [0, 0.1) is 5.41 Å². The molecule has 0 amide bonds. The number of nitrogens with zero attached hydrogens (tertiary/aromatic N) is 2. The van der Waals surface area contributed by atoms with Gasteiger partial charge in [0.2, 0.25) is 0 Å². The largest absolute Gasteiger partial charge is 0.316 e. The van der Waals surface area contributed by atoms with Crippen molar-refractivity contribution in [3.8, 4) is 0 Å². The van der Waals surface area contributed by atoms with Gasteiger partial charge in [-0.25, -0.2) is 0 Å². The molecule has 1 N–H and O–H groups in total. The van der Waals surface area contributed by atoms with Crippen LogP contribution < -0.4 is 5.32 Å². The van der Waals surface area contributed by atoms with Gasteiger partial charge >= 0.3 is 0 Å². The lowest BCUT2D eigenvalue weighted by Gasteiger charge is -2.41. The normalized spacial score (nSPS) is 18.9. The van der Waals surface area contributed by atoms with Crippen molar-refractivity contribution in [2.45, 2.75) is 47.0 Å². The van der Waals surface area contributed by atoms with E-state index in [1.165, 1.54) is 65.1 Å². The molecule has 0 aromatic carbocycles. The van der Waals surface area contributed by atoms with E-state index < -0.39 is 0 Å². The molecule has 3 heteroatoms. The minimum atomic E-state index is 0.475. The smallest absolute Gasteiger partial charge is 0.0110 e. The maximum atomic E-state index is 3.57. The van der Waals surface area contributed by atoms with Crippen molar-refractivity contribution in [3.05, 3.63) is 0 Å². The molecule has 1 rings (SSSR count). The molecule has 1 fully saturated rings. The van der Waals surface area contributed by atoms with Gasteiger partial charge in [-0.1, -0.05) is 27.7 Å². The van der Waals surface area contributed by atoms with Crippen LogP contribution in [-0.2, 0) is 0 Å². The Morgan fingerprint density at radius 3 is 1.95 bits per heavy atom. The summed E-state index contributed by atoms with van der Waals surface area (Å²) in [4.78, 5) is 5.30. The third-order valence-electron chi connectivity index (χ3n) is 4.81. The van der Waals surface area contributed by atoms with Crippen molar-refractivity contribution in [1.29, 1.82) is 0 Å². The maximum Gasteiger partial charge on any atom is 0.0110 e. The second-order valence-electron chi connectivity index (χ2n) is 6.11. The van der Waals surface area contributed by atoms with Gasteiger partial charge in [0.25, 0.3) is 0 Å². The number of nitrogens with one attached hydrogen (secondary N) is 1. The lowest BCUT2D eigenvalue weighted by Crippen LogP contribution is -2.51. The van der Waals surface area contributed by atoms with E-state index in [1.54, 1.807) is 0 Å². The SMILES string of the molecule is CCCN1CCN(CC(CC)(CC)CNCC)CC1. The van der Waals surface area contributed by atoms with Gasteiger partial charge in [0.1, 0.15) is 0 Å². The molecule has 1 aliphatic rings. The van der Waals surface area contributed by atoms with Gasteiger partial charge in [-0.2, -0.15) is 0 Å². The standard InChI is InChI=1S/C16H35N3/c1-5-9-18-10-12-19(13-11-18)15-16(6-2,7-3)14-17-8-4/h17H,5-15H2,1-4H3. The first kappa shape index (κ1) is 16.9. The third kappa shape index (κ3) is 5.41. The zero-order chi connectivity index (χ0) is 14.1. The predicted octanol–water partition coefficient (Wildman–Crippen LogP) is 2.43. The van der Waals surface area contributed by atoms with E-state index in [4.69, 9.17) is 0 Å². The van der Waals surface area contributed by atoms with Gasteiger partial charge in [0.15, 0.2) is 0 Å². The number of hydrogen-bond donors (Lipinski definition) is 1. The zero-order valence-electron chi connectivity index (χ0n) is 13.7. The lowest BCUT2D eigenvalue weighted by atomic mass is 9.81. The van der Waals surface area contributed by atoms with Gasteiger partial charge in [0.05, 0.1) is 0 Å². The highest BCUT2D eigenvalue weighted by molar-refractivity contribution is 4.85. The number of piperazine rings is 1. The fourth-order valence-corrected chi connectivity index (χ4v) is 3.13. The van der Waals surface area contributed by atoms with E-state index in [0.29, 0.717) is 5.41 Å². The van der Waals surface area contributed by atoms with Gasteiger partial charge in [-0.3, -0.25) is 0 Å². The Balaban J connectivity index is 2.42. The van der Waals surface area contributed by atoms with E-state index in [2.05, 4.69) is 42.8 Å². The van der Waals surface area contributed by atoms with E-state index >= 15 is 0 Å². The van der Waals surface area contributed by atoms with E-state index in [0.717, 1.165) is 6.54 Å². The van der Waals surface area contributed by atoms with Crippen molar-refractivity contribution in [2.75, 3.05) is 52.4 Å². The fourth-order valence-electron chi connectivity index (χ4n) is 3.13. The third-order valence-corrected chi connectivity index (χ3v) is 4.81. The average Bonchev–Trinajstić information content (AvgIpc) is 2.46. The van der Waals surface area contributed by atoms with Crippen LogP contribution in [0.2, 0.25) is 0 Å². The quantitative estimate of drug-likeness (QED) is 0.693. The Hall–Kier alpha value is -0.120. The summed E-state index contributed by atoms with van der Waals surface area (Å²) in [5, 5.41) is 3.57. The summed E-state index contributed by atoms with van der Waals surface area (Å²) >= 11 is 0. The first-order chi connectivity index (χ1) is 9.19. The number of hydrogen-bond acceptors (Lipinski definition) is 3. The highest BCUT2D eigenvalue weighted by atomic mass is 15.3. The summed E-state index contributed by atoms with van der Waals surface area (Å²) in [6.45, 7) is 19.0. The Morgan fingerprint density at radius 2 is 1.47 bits per heavy atom. The maximum absolute atomic E-state index is 3.57. The molecule has 0 aromatic rings. The minimum Gasteiger partial charge on any atom is -0.316 e. The molecule has 19 heavy (non-hydrogen) atoms. The molecule has 3 nitrogen and oxygen atoms in total. The minimum absolute atomic E-state index is 0.475. The Bertz CT molecular complexity index is 218. The number of rotatable bonds is 9. The highest BCUT2D eigenvalue weighted by Crippen LogP contribution is 2.27. The van der Waals surface area contributed by atoms with Crippen LogP contribution in [0.1, 0.15) is 47.0 Å². The molecule has 0 bridgehead atoms. The molecule has 0 aromatic heterocycles. The van der Waals surface area contributed by atoms with Crippen LogP contribution >= 0.6 is 0 Å². The second kappa shape index (κ2) is 8.93. The fraction of sp³-hybridized carbons (Fsp3) is 1.00. The molecule has 0 aliphatic carbocycles. The first-order valence-electron chi connectivity index (χ1n) is 8.35.